The molecule has 0 saturated carbocycles. The Morgan fingerprint density at radius 3 is 2.61 bits per heavy atom. The molecular formula is C20H26FN3O4. The third-order valence-electron chi connectivity index (χ3n) is 4.01. The normalized spacial score (nSPS) is 10.8. The number of hydrogen-bond donors (Lipinski definition) is 2. The van der Waals surface area contributed by atoms with Gasteiger partial charge in [-0.1, -0.05) is 13.8 Å². The Morgan fingerprint density at radius 1 is 1.25 bits per heavy atom. The minimum absolute atomic E-state index is 0.0318. The minimum atomic E-state index is -0.606. The third kappa shape index (κ3) is 5.82. The average Bonchev–Trinajstić information content (AvgIpc) is 3.07. The maximum absolute atomic E-state index is 14.1. The van der Waals surface area contributed by atoms with Crippen LogP contribution >= 0.6 is 0 Å². The van der Waals surface area contributed by atoms with Gasteiger partial charge in [-0.2, -0.15) is 0 Å². The summed E-state index contributed by atoms with van der Waals surface area (Å²) in [5.41, 5.74) is 0.656. The van der Waals surface area contributed by atoms with Crippen molar-refractivity contribution >= 4 is 23.3 Å². The molecular weight excluding hydrogens is 365 g/mol. The van der Waals surface area contributed by atoms with E-state index in [2.05, 4.69) is 10.6 Å². The third-order valence-corrected chi connectivity index (χ3v) is 4.01. The topological polar surface area (TPSA) is 83.8 Å². The fraction of sp³-hybridized carbons (Fsp3) is 0.400. The van der Waals surface area contributed by atoms with Crippen molar-refractivity contribution in [1.82, 2.24) is 4.90 Å². The fourth-order valence-corrected chi connectivity index (χ4v) is 2.63. The van der Waals surface area contributed by atoms with Crippen LogP contribution in [0, 0.1) is 18.7 Å². The van der Waals surface area contributed by atoms with Crippen LogP contribution in [0.15, 0.2) is 34.9 Å². The Bertz CT molecular complexity index is 820. The molecule has 0 radical (unpaired) electrons. The number of nitrogens with zero attached hydrogens (tertiary/aromatic N) is 1. The van der Waals surface area contributed by atoms with Crippen LogP contribution in [0.25, 0.3) is 0 Å². The van der Waals surface area contributed by atoms with E-state index in [9.17, 15) is 14.0 Å². The molecule has 0 saturated heterocycles. The molecule has 7 nitrogen and oxygen atoms in total. The molecule has 0 unspecified atom stereocenters. The lowest BCUT2D eigenvalue weighted by Crippen LogP contribution is -2.39. The second kappa shape index (κ2) is 9.89. The zero-order valence-corrected chi connectivity index (χ0v) is 16.5. The van der Waals surface area contributed by atoms with Gasteiger partial charge in [-0.05, 0) is 37.1 Å². The summed E-state index contributed by atoms with van der Waals surface area (Å²) < 4.78 is 24.3. The number of hydrogen-bond acceptors (Lipinski definition) is 4. The molecule has 0 atom stereocenters. The summed E-state index contributed by atoms with van der Waals surface area (Å²) in [7, 11) is 1.57. The van der Waals surface area contributed by atoms with Crippen LogP contribution in [-0.2, 0) is 4.74 Å². The van der Waals surface area contributed by atoms with Gasteiger partial charge in [0.2, 0.25) is 0 Å². The predicted molar refractivity (Wildman–Crippen MR) is 105 cm³/mol. The van der Waals surface area contributed by atoms with Crippen molar-refractivity contribution in [3.05, 3.63) is 47.7 Å². The SMILES string of the molecule is COCCN(CC(C)C)C(=O)Nc1ccc(F)c(NC(=O)c2ccoc2C)c1. The van der Waals surface area contributed by atoms with Gasteiger partial charge >= 0.3 is 6.03 Å². The van der Waals surface area contributed by atoms with E-state index in [1.807, 2.05) is 13.8 Å². The highest BCUT2D eigenvalue weighted by atomic mass is 19.1. The first-order valence-electron chi connectivity index (χ1n) is 9.01. The molecule has 28 heavy (non-hydrogen) atoms. The quantitative estimate of drug-likeness (QED) is 0.709. The van der Waals surface area contributed by atoms with Crippen LogP contribution in [0.1, 0.15) is 30.0 Å². The van der Waals surface area contributed by atoms with Crippen LogP contribution in [0.4, 0.5) is 20.6 Å². The Morgan fingerprint density at radius 2 is 2.00 bits per heavy atom. The lowest BCUT2D eigenvalue weighted by atomic mass is 10.2. The summed E-state index contributed by atoms with van der Waals surface area (Å²) in [4.78, 5) is 26.5. The molecule has 0 spiro atoms. The van der Waals surface area contributed by atoms with E-state index in [0.717, 1.165) is 0 Å². The van der Waals surface area contributed by atoms with Crippen molar-refractivity contribution in [2.24, 2.45) is 5.92 Å². The number of carbonyl (C=O) groups is 2. The average molecular weight is 391 g/mol. The summed E-state index contributed by atoms with van der Waals surface area (Å²) >= 11 is 0. The highest BCUT2D eigenvalue weighted by Gasteiger charge is 2.17. The Kier molecular flexibility index (Phi) is 7.57. The van der Waals surface area contributed by atoms with E-state index >= 15 is 0 Å². The monoisotopic (exact) mass is 391 g/mol. The lowest BCUT2D eigenvalue weighted by Gasteiger charge is -2.24. The predicted octanol–water partition coefficient (Wildman–Crippen LogP) is 4.12. The Hall–Kier alpha value is -2.87. The largest absolute Gasteiger partial charge is 0.469 e. The van der Waals surface area contributed by atoms with Gasteiger partial charge in [-0.3, -0.25) is 4.79 Å². The number of ether oxygens (including phenoxy) is 1. The number of carbonyl (C=O) groups excluding carboxylic acids is 2. The Labute approximate surface area is 163 Å². The number of rotatable bonds is 8. The maximum Gasteiger partial charge on any atom is 0.321 e. The van der Waals surface area contributed by atoms with Crippen LogP contribution < -0.4 is 10.6 Å². The molecule has 3 amide bonds. The smallest absolute Gasteiger partial charge is 0.321 e. The van der Waals surface area contributed by atoms with Gasteiger partial charge in [0.05, 0.1) is 24.1 Å². The van der Waals surface area contributed by atoms with Crippen molar-refractivity contribution < 1.29 is 23.1 Å². The number of urea groups is 1. The van der Waals surface area contributed by atoms with E-state index in [0.29, 0.717) is 36.7 Å². The minimum Gasteiger partial charge on any atom is -0.469 e. The number of anilines is 2. The molecule has 8 heteroatoms. The van der Waals surface area contributed by atoms with Crippen molar-refractivity contribution in [1.29, 1.82) is 0 Å². The number of furan rings is 1. The summed E-state index contributed by atoms with van der Waals surface area (Å²) in [5.74, 6) is -0.380. The second-order valence-corrected chi connectivity index (χ2v) is 6.80. The molecule has 0 aliphatic carbocycles. The molecule has 2 aromatic rings. The van der Waals surface area contributed by atoms with Crippen molar-refractivity contribution in [2.75, 3.05) is 37.4 Å². The fourth-order valence-electron chi connectivity index (χ4n) is 2.63. The molecule has 152 valence electrons. The highest BCUT2D eigenvalue weighted by Crippen LogP contribution is 2.22. The summed E-state index contributed by atoms with van der Waals surface area (Å²) in [6.07, 6.45) is 1.39. The molecule has 0 aliphatic rings. The van der Waals surface area contributed by atoms with Gasteiger partial charge in [-0.25, -0.2) is 9.18 Å². The number of methoxy groups -OCH3 is 1. The van der Waals surface area contributed by atoms with Crippen LogP contribution in [0.2, 0.25) is 0 Å². The van der Waals surface area contributed by atoms with Crippen molar-refractivity contribution in [3.63, 3.8) is 0 Å². The number of halogens is 1. The van der Waals surface area contributed by atoms with Crippen molar-refractivity contribution in [3.8, 4) is 0 Å². The van der Waals surface area contributed by atoms with Crippen LogP contribution in [0.5, 0.6) is 0 Å². The summed E-state index contributed by atoms with van der Waals surface area (Å²) in [6.45, 7) is 7.07. The molecule has 0 fully saturated rings. The van der Waals surface area contributed by atoms with E-state index < -0.39 is 11.7 Å². The summed E-state index contributed by atoms with van der Waals surface area (Å²) in [5, 5.41) is 5.24. The first kappa shape index (κ1) is 21.4. The Balaban J connectivity index is 2.11. The van der Waals surface area contributed by atoms with E-state index in [1.165, 1.54) is 30.5 Å². The maximum atomic E-state index is 14.1. The van der Waals surface area contributed by atoms with Crippen LogP contribution in [-0.4, -0.2) is 43.6 Å². The molecule has 2 N–H and O–H groups in total. The van der Waals surface area contributed by atoms with Gasteiger partial charge in [0.15, 0.2) is 0 Å². The molecule has 1 aromatic heterocycles. The number of benzene rings is 1. The van der Waals surface area contributed by atoms with E-state index in [1.54, 1.807) is 18.9 Å². The molecule has 1 heterocycles. The zero-order valence-electron chi connectivity index (χ0n) is 16.5. The van der Waals surface area contributed by atoms with E-state index in [4.69, 9.17) is 9.15 Å². The summed E-state index contributed by atoms with van der Waals surface area (Å²) in [6, 6.07) is 5.20. The standard InChI is InChI=1S/C20H26FN3O4/c1-13(2)12-24(8-10-27-4)20(26)22-15-5-6-17(21)18(11-15)23-19(25)16-7-9-28-14(16)3/h5-7,9,11,13H,8,10,12H2,1-4H3,(H,22,26)(H,23,25). The molecule has 1 aromatic carbocycles. The van der Waals surface area contributed by atoms with Crippen molar-refractivity contribution in [2.45, 2.75) is 20.8 Å². The van der Waals surface area contributed by atoms with Gasteiger partial charge in [0, 0.05) is 25.9 Å². The molecule has 2 rings (SSSR count). The molecule has 0 bridgehead atoms. The van der Waals surface area contributed by atoms with E-state index in [-0.39, 0.29) is 17.6 Å². The number of amides is 3. The van der Waals surface area contributed by atoms with Gasteiger partial charge in [0.1, 0.15) is 11.6 Å². The lowest BCUT2D eigenvalue weighted by molar-refractivity contribution is 0.102. The van der Waals surface area contributed by atoms with Gasteiger partial charge in [-0.15, -0.1) is 0 Å². The van der Waals surface area contributed by atoms with Gasteiger partial charge in [0.25, 0.3) is 5.91 Å². The number of nitrogens with one attached hydrogen (secondary N) is 2. The van der Waals surface area contributed by atoms with Crippen LogP contribution in [0.3, 0.4) is 0 Å². The zero-order chi connectivity index (χ0) is 20.7. The number of aryl methyl sites for hydroxylation is 1. The molecule has 0 aliphatic heterocycles. The van der Waals surface area contributed by atoms with Gasteiger partial charge < -0.3 is 24.7 Å². The first-order valence-corrected chi connectivity index (χ1v) is 9.01. The second-order valence-electron chi connectivity index (χ2n) is 6.80. The first-order chi connectivity index (χ1) is 13.3. The highest BCUT2D eigenvalue weighted by molar-refractivity contribution is 6.05.